The van der Waals surface area contributed by atoms with E-state index in [1.165, 1.54) is 33.6 Å². The summed E-state index contributed by atoms with van der Waals surface area (Å²) in [6.07, 6.45) is 1.53. The highest BCUT2D eigenvalue weighted by Crippen LogP contribution is 2.07. The number of nitrogens with zero attached hydrogens (tertiary/aromatic N) is 1. The van der Waals surface area contributed by atoms with Crippen LogP contribution in [-0.2, 0) is 14.2 Å². The molecular formula is C13H18N2O5. The van der Waals surface area contributed by atoms with Crippen LogP contribution in [0.1, 0.15) is 27.3 Å². The van der Waals surface area contributed by atoms with Gasteiger partial charge in [-0.3, -0.25) is 9.78 Å². The average Bonchev–Trinajstić information content (AvgIpc) is 2.50. The molecule has 0 aromatic carbocycles. The largest absolute Gasteiger partial charge is 0.465 e. The molecule has 1 N–H and O–H groups in total. The Bertz CT molecular complexity index is 460. The number of pyridine rings is 1. The molecule has 0 radical (unpaired) electrons. The Balaban J connectivity index is 2.66. The van der Waals surface area contributed by atoms with Gasteiger partial charge in [0, 0.05) is 33.4 Å². The van der Waals surface area contributed by atoms with Gasteiger partial charge < -0.3 is 19.5 Å². The van der Waals surface area contributed by atoms with Gasteiger partial charge in [0.1, 0.15) is 5.69 Å². The van der Waals surface area contributed by atoms with E-state index in [4.69, 9.17) is 9.47 Å². The van der Waals surface area contributed by atoms with Gasteiger partial charge in [0.15, 0.2) is 6.29 Å². The van der Waals surface area contributed by atoms with E-state index in [1.807, 2.05) is 0 Å². The van der Waals surface area contributed by atoms with E-state index < -0.39 is 11.9 Å². The van der Waals surface area contributed by atoms with Crippen LogP contribution in [0.25, 0.3) is 0 Å². The van der Waals surface area contributed by atoms with Gasteiger partial charge in [-0.2, -0.15) is 0 Å². The van der Waals surface area contributed by atoms with Crippen LogP contribution in [0.4, 0.5) is 0 Å². The Hall–Kier alpha value is -1.99. The van der Waals surface area contributed by atoms with E-state index >= 15 is 0 Å². The second kappa shape index (κ2) is 8.23. The molecule has 0 atom stereocenters. The number of hydrogen-bond acceptors (Lipinski definition) is 6. The number of ether oxygens (including phenoxy) is 3. The highest BCUT2D eigenvalue weighted by molar-refractivity contribution is 6.03. The Morgan fingerprint density at radius 2 is 2.00 bits per heavy atom. The molecule has 0 aliphatic carbocycles. The number of nitrogens with one attached hydrogen (secondary N) is 1. The zero-order valence-corrected chi connectivity index (χ0v) is 11.7. The van der Waals surface area contributed by atoms with E-state index in [0.717, 1.165) is 0 Å². The number of methoxy groups -OCH3 is 3. The lowest BCUT2D eigenvalue weighted by Gasteiger charge is -2.13. The van der Waals surface area contributed by atoms with Crippen molar-refractivity contribution in [3.05, 3.63) is 29.6 Å². The van der Waals surface area contributed by atoms with Crippen LogP contribution < -0.4 is 5.32 Å². The molecule has 1 aromatic heterocycles. The van der Waals surface area contributed by atoms with E-state index in [-0.39, 0.29) is 17.5 Å². The van der Waals surface area contributed by atoms with Crippen LogP contribution >= 0.6 is 0 Å². The summed E-state index contributed by atoms with van der Waals surface area (Å²) < 4.78 is 14.6. The minimum Gasteiger partial charge on any atom is -0.465 e. The molecule has 0 aliphatic heterocycles. The van der Waals surface area contributed by atoms with E-state index in [1.54, 1.807) is 6.07 Å². The number of carbonyl (C=O) groups excluding carboxylic acids is 2. The van der Waals surface area contributed by atoms with Crippen molar-refractivity contribution in [2.45, 2.75) is 12.7 Å². The average molecular weight is 282 g/mol. The minimum absolute atomic E-state index is 0.0331. The van der Waals surface area contributed by atoms with Crippen molar-refractivity contribution in [1.82, 2.24) is 10.3 Å². The summed E-state index contributed by atoms with van der Waals surface area (Å²) in [5, 5.41) is 2.65. The monoisotopic (exact) mass is 282 g/mol. The molecule has 110 valence electrons. The number of amides is 1. The molecule has 1 amide bonds. The molecule has 7 heteroatoms. The van der Waals surface area contributed by atoms with Crippen molar-refractivity contribution in [1.29, 1.82) is 0 Å². The van der Waals surface area contributed by atoms with Gasteiger partial charge in [0.25, 0.3) is 5.91 Å². The van der Waals surface area contributed by atoms with Crippen LogP contribution in [0, 0.1) is 0 Å². The highest BCUT2D eigenvalue weighted by Gasteiger charge is 2.18. The molecule has 1 heterocycles. The van der Waals surface area contributed by atoms with Crippen molar-refractivity contribution in [3.63, 3.8) is 0 Å². The molecule has 1 aromatic rings. The zero-order valence-electron chi connectivity index (χ0n) is 11.7. The van der Waals surface area contributed by atoms with Gasteiger partial charge in [-0.25, -0.2) is 4.79 Å². The molecule has 7 nitrogen and oxygen atoms in total. The standard InChI is InChI=1S/C13H18N2O5/c1-18-10(19-2)6-8-15-12(16)11-9(13(17)20-3)5-4-7-14-11/h4-5,7,10H,6,8H2,1-3H3,(H,15,16). The fourth-order valence-corrected chi connectivity index (χ4v) is 1.58. The fourth-order valence-electron chi connectivity index (χ4n) is 1.58. The first kappa shape index (κ1) is 16.1. The lowest BCUT2D eigenvalue weighted by molar-refractivity contribution is -0.105. The maximum atomic E-state index is 12.0. The molecule has 0 saturated carbocycles. The van der Waals surface area contributed by atoms with Crippen molar-refractivity contribution in [2.75, 3.05) is 27.9 Å². The van der Waals surface area contributed by atoms with Crippen molar-refractivity contribution >= 4 is 11.9 Å². The van der Waals surface area contributed by atoms with Crippen LogP contribution in [0.3, 0.4) is 0 Å². The maximum absolute atomic E-state index is 12.0. The van der Waals surface area contributed by atoms with Crippen molar-refractivity contribution < 1.29 is 23.8 Å². The SMILES string of the molecule is COC(=O)c1cccnc1C(=O)NCCC(OC)OC. The first-order valence-corrected chi connectivity index (χ1v) is 6.01. The molecule has 0 saturated heterocycles. The molecule has 0 bridgehead atoms. The Morgan fingerprint density at radius 3 is 2.60 bits per heavy atom. The van der Waals surface area contributed by atoms with Gasteiger partial charge >= 0.3 is 5.97 Å². The third-order valence-electron chi connectivity index (χ3n) is 2.62. The minimum atomic E-state index is -0.602. The molecule has 1 rings (SSSR count). The third-order valence-corrected chi connectivity index (χ3v) is 2.62. The summed E-state index contributed by atoms with van der Waals surface area (Å²) in [4.78, 5) is 27.4. The molecule has 0 spiro atoms. The predicted octanol–water partition coefficient (Wildman–Crippen LogP) is 0.607. The summed E-state index contributed by atoms with van der Waals surface area (Å²) >= 11 is 0. The number of hydrogen-bond donors (Lipinski definition) is 1. The quantitative estimate of drug-likeness (QED) is 0.582. The zero-order chi connectivity index (χ0) is 15.0. The van der Waals surface area contributed by atoms with Crippen LogP contribution in [0.15, 0.2) is 18.3 Å². The molecule has 0 aliphatic rings. The van der Waals surface area contributed by atoms with Crippen LogP contribution in [0.5, 0.6) is 0 Å². The van der Waals surface area contributed by atoms with Gasteiger partial charge in [0.2, 0.25) is 0 Å². The van der Waals surface area contributed by atoms with Crippen LogP contribution in [0.2, 0.25) is 0 Å². The maximum Gasteiger partial charge on any atom is 0.340 e. The van der Waals surface area contributed by atoms with Crippen LogP contribution in [-0.4, -0.2) is 51.0 Å². The lowest BCUT2D eigenvalue weighted by Crippen LogP contribution is -2.30. The summed E-state index contributed by atoms with van der Waals surface area (Å²) in [5.41, 5.74) is 0.160. The van der Waals surface area contributed by atoms with E-state index in [0.29, 0.717) is 13.0 Å². The summed E-state index contributed by atoms with van der Waals surface area (Å²) in [5.74, 6) is -1.05. The first-order valence-electron chi connectivity index (χ1n) is 6.01. The molecular weight excluding hydrogens is 264 g/mol. The third kappa shape index (κ3) is 4.29. The number of rotatable bonds is 7. The first-order chi connectivity index (χ1) is 9.63. The summed E-state index contributed by atoms with van der Waals surface area (Å²) in [6.45, 7) is 0.336. The van der Waals surface area contributed by atoms with Crippen molar-refractivity contribution in [2.24, 2.45) is 0 Å². The summed E-state index contributed by atoms with van der Waals surface area (Å²) in [7, 11) is 4.28. The lowest BCUT2D eigenvalue weighted by atomic mass is 10.2. The topological polar surface area (TPSA) is 86.8 Å². The number of esters is 1. The molecule has 20 heavy (non-hydrogen) atoms. The smallest absolute Gasteiger partial charge is 0.340 e. The predicted molar refractivity (Wildman–Crippen MR) is 70.3 cm³/mol. The number of aromatic nitrogens is 1. The normalized spacial score (nSPS) is 10.4. The number of carbonyl (C=O) groups is 2. The highest BCUT2D eigenvalue weighted by atomic mass is 16.7. The summed E-state index contributed by atoms with van der Waals surface area (Å²) in [6, 6.07) is 3.05. The van der Waals surface area contributed by atoms with Gasteiger partial charge in [-0.15, -0.1) is 0 Å². The Labute approximate surface area is 117 Å². The van der Waals surface area contributed by atoms with E-state index in [9.17, 15) is 9.59 Å². The van der Waals surface area contributed by atoms with Crippen molar-refractivity contribution in [3.8, 4) is 0 Å². The Morgan fingerprint density at radius 1 is 1.30 bits per heavy atom. The fraction of sp³-hybridized carbons (Fsp3) is 0.462. The second-order valence-corrected chi connectivity index (χ2v) is 3.84. The molecule has 0 unspecified atom stereocenters. The van der Waals surface area contributed by atoms with Gasteiger partial charge in [-0.1, -0.05) is 0 Å². The molecule has 0 fully saturated rings. The second-order valence-electron chi connectivity index (χ2n) is 3.84. The van der Waals surface area contributed by atoms with Gasteiger partial charge in [0.05, 0.1) is 12.7 Å². The van der Waals surface area contributed by atoms with Gasteiger partial charge in [-0.05, 0) is 12.1 Å². The Kier molecular flexibility index (Phi) is 6.61. The van der Waals surface area contributed by atoms with E-state index in [2.05, 4.69) is 15.0 Å².